The van der Waals surface area contributed by atoms with Gasteiger partial charge in [-0.15, -0.1) is 0 Å². The predicted octanol–water partition coefficient (Wildman–Crippen LogP) is 6.39. The summed E-state index contributed by atoms with van der Waals surface area (Å²) in [5.41, 5.74) is 0.0283. The highest BCUT2D eigenvalue weighted by Gasteiger charge is 2.10. The Balaban J connectivity index is 2.28. The number of hydrogen-bond acceptors (Lipinski definition) is 2. The number of unbranched alkanes of at least 4 members (excludes halogenated alkanes) is 10. The highest BCUT2D eigenvalue weighted by atomic mass is 16.7. The summed E-state index contributed by atoms with van der Waals surface area (Å²) in [7, 11) is 0. The summed E-state index contributed by atoms with van der Waals surface area (Å²) in [4.78, 5) is 17.1. The third-order valence-corrected chi connectivity index (χ3v) is 5.16. The van der Waals surface area contributed by atoms with E-state index in [2.05, 4.69) is 13.8 Å². The Morgan fingerprint density at radius 3 is 1.73 bits per heavy atom. The normalized spacial score (nSPS) is 11.2. The quantitative estimate of drug-likeness (QED) is 0.300. The molecule has 150 valence electrons. The van der Waals surface area contributed by atoms with Crippen LogP contribution >= 0.6 is 0 Å². The maximum absolute atomic E-state index is 11.2. The van der Waals surface area contributed by atoms with Crippen LogP contribution in [-0.2, 0) is 0 Å². The molecule has 0 amide bonds. The SMILES string of the molecule is CCCCCCCCC(CCCCCCCC)COn1ccc(=O)cc1. The average Bonchev–Trinajstić information content (AvgIpc) is 2.66. The first-order chi connectivity index (χ1) is 12.8. The molecule has 0 fully saturated rings. The van der Waals surface area contributed by atoms with Gasteiger partial charge in [0.25, 0.3) is 0 Å². The third-order valence-electron chi connectivity index (χ3n) is 5.16. The van der Waals surface area contributed by atoms with Crippen molar-refractivity contribution in [3.8, 4) is 0 Å². The molecule has 1 rings (SSSR count). The molecule has 0 bridgehead atoms. The van der Waals surface area contributed by atoms with Crippen LogP contribution in [-0.4, -0.2) is 11.3 Å². The van der Waals surface area contributed by atoms with E-state index in [0.29, 0.717) is 5.92 Å². The third kappa shape index (κ3) is 12.2. The van der Waals surface area contributed by atoms with Crippen molar-refractivity contribution in [1.29, 1.82) is 0 Å². The zero-order valence-corrected chi connectivity index (χ0v) is 17.3. The molecule has 0 aliphatic carbocycles. The van der Waals surface area contributed by atoms with E-state index in [-0.39, 0.29) is 5.43 Å². The number of rotatable bonds is 17. The Morgan fingerprint density at radius 1 is 0.769 bits per heavy atom. The van der Waals surface area contributed by atoms with Gasteiger partial charge in [0.2, 0.25) is 0 Å². The van der Waals surface area contributed by atoms with Crippen molar-refractivity contribution < 1.29 is 4.84 Å². The Bertz CT molecular complexity index is 447. The van der Waals surface area contributed by atoms with Gasteiger partial charge in [-0.25, -0.2) is 0 Å². The van der Waals surface area contributed by atoms with Crippen LogP contribution in [0.15, 0.2) is 29.3 Å². The molecule has 26 heavy (non-hydrogen) atoms. The van der Waals surface area contributed by atoms with Crippen molar-refractivity contribution >= 4 is 0 Å². The average molecular weight is 364 g/mol. The largest absolute Gasteiger partial charge is 0.414 e. The fourth-order valence-corrected chi connectivity index (χ4v) is 3.41. The fraction of sp³-hybridized carbons (Fsp3) is 0.783. The highest BCUT2D eigenvalue weighted by Crippen LogP contribution is 2.19. The van der Waals surface area contributed by atoms with Crippen molar-refractivity contribution in [3.63, 3.8) is 0 Å². The van der Waals surface area contributed by atoms with E-state index in [0.717, 1.165) is 6.61 Å². The van der Waals surface area contributed by atoms with E-state index in [1.807, 2.05) is 0 Å². The molecule has 0 aliphatic rings. The predicted molar refractivity (Wildman–Crippen MR) is 112 cm³/mol. The van der Waals surface area contributed by atoms with Crippen LogP contribution in [0.25, 0.3) is 0 Å². The van der Waals surface area contributed by atoms with E-state index in [1.165, 1.54) is 89.9 Å². The molecular formula is C23H41NO2. The fourth-order valence-electron chi connectivity index (χ4n) is 3.41. The molecule has 0 atom stereocenters. The van der Waals surface area contributed by atoms with E-state index >= 15 is 0 Å². The lowest BCUT2D eigenvalue weighted by Gasteiger charge is -2.18. The number of nitrogens with zero attached hydrogens (tertiary/aromatic N) is 1. The summed E-state index contributed by atoms with van der Waals surface area (Å²) in [6.45, 7) is 5.29. The maximum Gasteiger partial charge on any atom is 0.181 e. The minimum absolute atomic E-state index is 0.0283. The second kappa shape index (κ2) is 16.0. The minimum Gasteiger partial charge on any atom is -0.414 e. The van der Waals surface area contributed by atoms with E-state index < -0.39 is 0 Å². The van der Waals surface area contributed by atoms with Gasteiger partial charge in [-0.05, 0) is 18.8 Å². The zero-order chi connectivity index (χ0) is 18.9. The number of pyridine rings is 1. The Labute approximate surface area is 161 Å². The molecule has 0 spiro atoms. The molecule has 1 aromatic rings. The lowest BCUT2D eigenvalue weighted by molar-refractivity contribution is 0.0716. The highest BCUT2D eigenvalue weighted by molar-refractivity contribution is 4.92. The molecule has 1 heterocycles. The van der Waals surface area contributed by atoms with Crippen molar-refractivity contribution in [2.75, 3.05) is 6.61 Å². The van der Waals surface area contributed by atoms with Crippen LogP contribution in [0.2, 0.25) is 0 Å². The summed E-state index contributed by atoms with van der Waals surface area (Å²) < 4.78 is 1.68. The summed E-state index contributed by atoms with van der Waals surface area (Å²) in [6, 6.07) is 3.10. The molecule has 0 radical (unpaired) electrons. The lowest BCUT2D eigenvalue weighted by atomic mass is 9.95. The van der Waals surface area contributed by atoms with Crippen molar-refractivity contribution in [2.24, 2.45) is 5.92 Å². The van der Waals surface area contributed by atoms with E-state index in [1.54, 1.807) is 29.3 Å². The van der Waals surface area contributed by atoms with Gasteiger partial charge in [0.1, 0.15) is 6.61 Å². The van der Waals surface area contributed by atoms with E-state index in [4.69, 9.17) is 4.84 Å². The van der Waals surface area contributed by atoms with Crippen LogP contribution < -0.4 is 10.3 Å². The van der Waals surface area contributed by atoms with E-state index in [9.17, 15) is 4.79 Å². The summed E-state index contributed by atoms with van der Waals surface area (Å²) in [5.74, 6) is 0.631. The second-order valence-electron chi connectivity index (χ2n) is 7.67. The monoisotopic (exact) mass is 363 g/mol. The van der Waals surface area contributed by atoms with Crippen molar-refractivity contribution in [1.82, 2.24) is 4.73 Å². The Morgan fingerprint density at radius 2 is 1.23 bits per heavy atom. The molecule has 3 nitrogen and oxygen atoms in total. The number of aromatic nitrogens is 1. The first-order valence-electron chi connectivity index (χ1n) is 11.1. The van der Waals surface area contributed by atoms with Crippen LogP contribution in [0, 0.1) is 5.92 Å². The van der Waals surface area contributed by atoms with Gasteiger partial charge in [-0.3, -0.25) is 4.79 Å². The zero-order valence-electron chi connectivity index (χ0n) is 17.3. The standard InChI is InChI=1S/C23H41NO2/c1-3-5-7-9-11-13-15-22(16-14-12-10-8-6-4-2)21-26-24-19-17-23(25)18-20-24/h17-20,22H,3-16,21H2,1-2H3. The molecule has 0 aliphatic heterocycles. The first kappa shape index (κ1) is 22.8. The molecular weight excluding hydrogens is 322 g/mol. The van der Waals surface area contributed by atoms with Gasteiger partial charge in [0, 0.05) is 24.5 Å². The molecule has 0 aromatic carbocycles. The van der Waals surface area contributed by atoms with Gasteiger partial charge in [-0.2, -0.15) is 4.73 Å². The Hall–Kier alpha value is -1.25. The Kier molecular flexibility index (Phi) is 14.0. The van der Waals surface area contributed by atoms with Crippen LogP contribution in [0.5, 0.6) is 0 Å². The van der Waals surface area contributed by atoms with Crippen LogP contribution in [0.3, 0.4) is 0 Å². The van der Waals surface area contributed by atoms with Gasteiger partial charge >= 0.3 is 0 Å². The molecule has 0 saturated carbocycles. The van der Waals surface area contributed by atoms with Crippen LogP contribution in [0.4, 0.5) is 0 Å². The lowest BCUT2D eigenvalue weighted by Crippen LogP contribution is -2.21. The minimum atomic E-state index is 0.0283. The molecule has 0 N–H and O–H groups in total. The maximum atomic E-state index is 11.2. The summed E-state index contributed by atoms with van der Waals surface area (Å²) in [5, 5.41) is 0. The topological polar surface area (TPSA) is 31.2 Å². The first-order valence-corrected chi connectivity index (χ1v) is 11.1. The second-order valence-corrected chi connectivity index (χ2v) is 7.67. The molecule has 3 heteroatoms. The summed E-state index contributed by atoms with van der Waals surface area (Å²) in [6.07, 6.45) is 22.2. The van der Waals surface area contributed by atoms with Gasteiger partial charge in [-0.1, -0.05) is 90.9 Å². The number of hydrogen-bond donors (Lipinski definition) is 0. The van der Waals surface area contributed by atoms with Gasteiger partial charge in [0.05, 0.1) is 0 Å². The van der Waals surface area contributed by atoms with Crippen molar-refractivity contribution in [3.05, 3.63) is 34.7 Å². The molecule has 0 saturated heterocycles. The summed E-state index contributed by atoms with van der Waals surface area (Å²) >= 11 is 0. The molecule has 0 unspecified atom stereocenters. The molecule has 1 aromatic heterocycles. The van der Waals surface area contributed by atoms with Gasteiger partial charge in [0.15, 0.2) is 5.43 Å². The smallest absolute Gasteiger partial charge is 0.181 e. The van der Waals surface area contributed by atoms with Gasteiger partial charge < -0.3 is 4.84 Å². The van der Waals surface area contributed by atoms with Crippen LogP contribution in [0.1, 0.15) is 104 Å². The van der Waals surface area contributed by atoms with Crippen molar-refractivity contribution in [2.45, 2.75) is 104 Å².